The van der Waals surface area contributed by atoms with E-state index in [1.54, 1.807) is 6.20 Å². The lowest BCUT2D eigenvalue weighted by atomic mass is 9.92. The highest BCUT2D eigenvalue weighted by molar-refractivity contribution is 9.11. The monoisotopic (exact) mass is 376 g/mol. The Morgan fingerprint density at radius 2 is 2.17 bits per heavy atom. The summed E-state index contributed by atoms with van der Waals surface area (Å²) in [5.74, 6) is -0.321. The zero-order chi connectivity index (χ0) is 13.3. The summed E-state index contributed by atoms with van der Waals surface area (Å²) in [4.78, 5) is 0. The fraction of sp³-hybridized carbons (Fsp3) is 0.417. The molecular weight excluding hydrogens is 364 g/mol. The number of aromatic amines is 1. The molecule has 1 aromatic carbocycles. The zero-order valence-electron chi connectivity index (χ0n) is 9.82. The van der Waals surface area contributed by atoms with Crippen molar-refractivity contribution >= 4 is 42.8 Å². The number of hydrogen-bond acceptors (Lipinski definition) is 3. The van der Waals surface area contributed by atoms with Crippen LogP contribution in [-0.4, -0.2) is 33.1 Å². The molecule has 98 valence electrons. The Labute approximate surface area is 122 Å². The second-order valence-electron chi connectivity index (χ2n) is 4.18. The summed E-state index contributed by atoms with van der Waals surface area (Å²) in [5.41, 5.74) is 1.78. The molecule has 2 atom stereocenters. The summed E-state index contributed by atoms with van der Waals surface area (Å²) in [6, 6.07) is 1.91. The number of aliphatic hydroxyl groups is 2. The molecule has 18 heavy (non-hydrogen) atoms. The van der Waals surface area contributed by atoms with Gasteiger partial charge in [0.2, 0.25) is 0 Å². The molecule has 0 saturated heterocycles. The number of hydrogen-bond donors (Lipinski definition) is 3. The van der Waals surface area contributed by atoms with Gasteiger partial charge in [0.05, 0.1) is 24.4 Å². The summed E-state index contributed by atoms with van der Waals surface area (Å²) >= 11 is 7.03. The van der Waals surface area contributed by atoms with Crippen LogP contribution in [0.5, 0.6) is 0 Å². The highest BCUT2D eigenvalue weighted by Gasteiger charge is 2.25. The fourth-order valence-corrected chi connectivity index (χ4v) is 3.88. The summed E-state index contributed by atoms with van der Waals surface area (Å²) < 4.78 is 1.70. The van der Waals surface area contributed by atoms with Crippen molar-refractivity contribution in [2.24, 2.45) is 0 Å². The molecule has 0 spiro atoms. The van der Waals surface area contributed by atoms with E-state index in [4.69, 9.17) is 0 Å². The van der Waals surface area contributed by atoms with Crippen LogP contribution < -0.4 is 0 Å². The Bertz CT molecular complexity index is 556. The molecule has 0 saturated carbocycles. The van der Waals surface area contributed by atoms with Crippen LogP contribution in [0.25, 0.3) is 10.9 Å². The Balaban J connectivity index is 2.61. The van der Waals surface area contributed by atoms with Gasteiger partial charge < -0.3 is 10.2 Å². The van der Waals surface area contributed by atoms with Gasteiger partial charge in [0.15, 0.2) is 0 Å². The van der Waals surface area contributed by atoms with Crippen molar-refractivity contribution < 1.29 is 10.2 Å². The van der Waals surface area contributed by atoms with Gasteiger partial charge >= 0.3 is 0 Å². The quantitative estimate of drug-likeness (QED) is 0.767. The number of nitrogens with one attached hydrogen (secondary N) is 1. The molecule has 1 aromatic heterocycles. The van der Waals surface area contributed by atoms with Crippen LogP contribution in [0.3, 0.4) is 0 Å². The van der Waals surface area contributed by atoms with Gasteiger partial charge in [0.1, 0.15) is 0 Å². The number of aliphatic hydroxyl groups excluding tert-OH is 2. The number of nitrogens with zero attached hydrogens (tertiary/aromatic N) is 1. The second kappa shape index (κ2) is 5.69. The highest BCUT2D eigenvalue weighted by atomic mass is 79.9. The first kappa shape index (κ1) is 14.0. The molecule has 0 fully saturated rings. The van der Waals surface area contributed by atoms with Gasteiger partial charge in [-0.3, -0.25) is 5.10 Å². The van der Waals surface area contributed by atoms with Gasteiger partial charge in [0, 0.05) is 20.2 Å². The van der Waals surface area contributed by atoms with Crippen molar-refractivity contribution in [2.45, 2.75) is 25.4 Å². The summed E-state index contributed by atoms with van der Waals surface area (Å²) in [7, 11) is 0. The Morgan fingerprint density at radius 3 is 2.78 bits per heavy atom. The van der Waals surface area contributed by atoms with Crippen molar-refractivity contribution in [3.05, 3.63) is 26.8 Å². The van der Waals surface area contributed by atoms with E-state index in [1.807, 2.05) is 13.0 Å². The summed E-state index contributed by atoms with van der Waals surface area (Å²) in [6.45, 7) is 1.79. The summed E-state index contributed by atoms with van der Waals surface area (Å²) in [6.07, 6.45) is 1.74. The summed E-state index contributed by atoms with van der Waals surface area (Å²) in [5, 5.41) is 27.4. The first-order valence-electron chi connectivity index (χ1n) is 5.70. The van der Waals surface area contributed by atoms with Crippen molar-refractivity contribution in [3.63, 3.8) is 0 Å². The van der Waals surface area contributed by atoms with Crippen molar-refractivity contribution in [1.29, 1.82) is 0 Å². The molecule has 1 heterocycles. The van der Waals surface area contributed by atoms with E-state index >= 15 is 0 Å². The van der Waals surface area contributed by atoms with Gasteiger partial charge in [-0.05, 0) is 34.0 Å². The maximum Gasteiger partial charge on any atom is 0.0673 e. The molecule has 3 N–H and O–H groups in total. The van der Waals surface area contributed by atoms with Crippen LogP contribution in [-0.2, 0) is 0 Å². The minimum absolute atomic E-state index is 0.102. The molecule has 0 aliphatic carbocycles. The van der Waals surface area contributed by atoms with Crippen LogP contribution in [0.2, 0.25) is 0 Å². The molecule has 0 radical (unpaired) electrons. The van der Waals surface area contributed by atoms with Gasteiger partial charge in [-0.2, -0.15) is 5.10 Å². The molecule has 4 nitrogen and oxygen atoms in total. The first-order valence-corrected chi connectivity index (χ1v) is 7.28. The van der Waals surface area contributed by atoms with E-state index in [9.17, 15) is 10.2 Å². The Morgan fingerprint density at radius 1 is 1.44 bits per heavy atom. The van der Waals surface area contributed by atoms with E-state index < -0.39 is 6.10 Å². The molecule has 2 rings (SSSR count). The third-order valence-corrected chi connectivity index (χ3v) is 4.63. The van der Waals surface area contributed by atoms with Crippen LogP contribution in [0, 0.1) is 0 Å². The maximum atomic E-state index is 10.0. The molecular formula is C12H14Br2N2O2. The third kappa shape index (κ3) is 2.34. The molecule has 0 aliphatic rings. The molecule has 0 amide bonds. The maximum absolute atomic E-state index is 10.0. The lowest BCUT2D eigenvalue weighted by Gasteiger charge is -2.23. The minimum atomic E-state index is -0.577. The van der Waals surface area contributed by atoms with Crippen LogP contribution >= 0.6 is 31.9 Å². The minimum Gasteiger partial charge on any atom is -0.396 e. The average Bonchev–Trinajstić information content (AvgIpc) is 2.81. The van der Waals surface area contributed by atoms with E-state index in [2.05, 4.69) is 42.1 Å². The molecule has 2 aromatic rings. The standard InChI is InChI=1S/C12H14Br2N2O2/c1-2-10(18)7(5-17)11-8(13)3-9-6(12(11)14)4-15-16-9/h3-4,7,10,17-18H,2,5H2,1H3,(H,15,16). The van der Waals surface area contributed by atoms with Crippen molar-refractivity contribution in [2.75, 3.05) is 6.61 Å². The average molecular weight is 378 g/mol. The number of aromatic nitrogens is 2. The third-order valence-electron chi connectivity index (χ3n) is 3.12. The number of fused-ring (bicyclic) bond motifs is 1. The van der Waals surface area contributed by atoms with Gasteiger partial charge in [-0.15, -0.1) is 0 Å². The first-order chi connectivity index (χ1) is 8.60. The van der Waals surface area contributed by atoms with Crippen LogP contribution in [0.4, 0.5) is 0 Å². The number of H-pyrrole nitrogens is 1. The number of benzene rings is 1. The van der Waals surface area contributed by atoms with Crippen LogP contribution in [0.1, 0.15) is 24.8 Å². The van der Waals surface area contributed by atoms with Gasteiger partial charge in [-0.1, -0.05) is 22.9 Å². The molecule has 0 bridgehead atoms. The Kier molecular flexibility index (Phi) is 4.42. The van der Waals surface area contributed by atoms with E-state index in [1.165, 1.54) is 0 Å². The topological polar surface area (TPSA) is 69.1 Å². The molecule has 2 unspecified atom stereocenters. The van der Waals surface area contributed by atoms with Gasteiger partial charge in [-0.25, -0.2) is 0 Å². The largest absolute Gasteiger partial charge is 0.396 e. The molecule has 6 heteroatoms. The SMILES string of the molecule is CCC(O)C(CO)c1c(Br)cc2[nH]ncc2c1Br. The van der Waals surface area contributed by atoms with E-state index in [0.29, 0.717) is 6.42 Å². The highest BCUT2D eigenvalue weighted by Crippen LogP contribution is 2.39. The van der Waals surface area contributed by atoms with Crippen LogP contribution in [0.15, 0.2) is 21.2 Å². The van der Waals surface area contributed by atoms with Gasteiger partial charge in [0.25, 0.3) is 0 Å². The normalized spacial score (nSPS) is 14.9. The smallest absolute Gasteiger partial charge is 0.0673 e. The van der Waals surface area contributed by atoms with E-state index in [-0.39, 0.29) is 12.5 Å². The Hall–Kier alpha value is -0.430. The van der Waals surface area contributed by atoms with E-state index in [0.717, 1.165) is 25.4 Å². The predicted molar refractivity (Wildman–Crippen MR) is 77.6 cm³/mol. The lowest BCUT2D eigenvalue weighted by Crippen LogP contribution is -2.21. The number of halogens is 2. The lowest BCUT2D eigenvalue weighted by molar-refractivity contribution is 0.103. The number of rotatable bonds is 4. The van der Waals surface area contributed by atoms with Crippen molar-refractivity contribution in [3.8, 4) is 0 Å². The fourth-order valence-electron chi connectivity index (χ4n) is 2.07. The molecule has 0 aliphatic heterocycles. The second-order valence-corrected chi connectivity index (χ2v) is 5.83. The predicted octanol–water partition coefficient (Wildman–Crippen LogP) is 2.93. The zero-order valence-corrected chi connectivity index (χ0v) is 13.0. The van der Waals surface area contributed by atoms with Crippen molar-refractivity contribution in [1.82, 2.24) is 10.2 Å².